The molecule has 1 unspecified atom stereocenters. The molecule has 0 aliphatic carbocycles. The van der Waals surface area contributed by atoms with Crippen molar-refractivity contribution in [2.45, 2.75) is 19.4 Å². The highest BCUT2D eigenvalue weighted by Crippen LogP contribution is 2.23. The van der Waals surface area contributed by atoms with E-state index in [1.807, 2.05) is 0 Å². The van der Waals surface area contributed by atoms with Crippen molar-refractivity contribution in [1.82, 2.24) is 0 Å². The third-order valence-corrected chi connectivity index (χ3v) is 1.70. The van der Waals surface area contributed by atoms with Crippen molar-refractivity contribution in [2.24, 2.45) is 0 Å². The molecule has 0 radical (unpaired) electrons. The Morgan fingerprint density at radius 3 is 2.82 bits per heavy atom. The third kappa shape index (κ3) is 1.57. The van der Waals surface area contributed by atoms with Gasteiger partial charge in [-0.3, -0.25) is 0 Å². The number of carboxylic acid groups (broad SMARTS) is 1. The quantitative estimate of drug-likeness (QED) is 0.584. The molecule has 1 saturated heterocycles. The van der Waals surface area contributed by atoms with E-state index in [2.05, 4.69) is 0 Å². The number of carboxylic acids is 1. The van der Waals surface area contributed by atoms with Crippen LogP contribution in [0.2, 0.25) is 0 Å². The van der Waals surface area contributed by atoms with E-state index < -0.39 is 11.8 Å². The van der Waals surface area contributed by atoms with Crippen LogP contribution in [0.5, 0.6) is 0 Å². The summed E-state index contributed by atoms with van der Waals surface area (Å²) in [5.74, 6) is -2.56. The van der Waals surface area contributed by atoms with Gasteiger partial charge < -0.3 is 9.84 Å². The minimum absolute atomic E-state index is 0.262. The van der Waals surface area contributed by atoms with E-state index in [9.17, 15) is 9.18 Å². The summed E-state index contributed by atoms with van der Waals surface area (Å²) in [6.07, 6.45) is 0.00495. The molecule has 1 N–H and O–H groups in total. The molecule has 0 aromatic carbocycles. The topological polar surface area (TPSA) is 46.5 Å². The fraction of sp³-hybridized carbons (Fsp3) is 0.571. The second-order valence-electron chi connectivity index (χ2n) is 2.41. The van der Waals surface area contributed by atoms with E-state index in [1.54, 1.807) is 6.92 Å². The summed E-state index contributed by atoms with van der Waals surface area (Å²) in [7, 11) is 0. The van der Waals surface area contributed by atoms with Crippen LogP contribution in [0.1, 0.15) is 13.3 Å². The molecule has 1 aliphatic rings. The SMILES string of the molecule is CC1OCCC1=C(F)C(=O)O. The van der Waals surface area contributed by atoms with Crippen LogP contribution >= 0.6 is 0 Å². The first-order valence-corrected chi connectivity index (χ1v) is 3.36. The maximum absolute atomic E-state index is 12.7. The Morgan fingerprint density at radius 1 is 1.82 bits per heavy atom. The normalized spacial score (nSPS) is 28.7. The second kappa shape index (κ2) is 3.00. The average molecular weight is 160 g/mol. The fourth-order valence-corrected chi connectivity index (χ4v) is 1.08. The van der Waals surface area contributed by atoms with Gasteiger partial charge in [0.15, 0.2) is 0 Å². The summed E-state index contributed by atoms with van der Waals surface area (Å²) < 4.78 is 17.7. The lowest BCUT2D eigenvalue weighted by molar-refractivity contribution is -0.134. The van der Waals surface area contributed by atoms with Crippen molar-refractivity contribution in [2.75, 3.05) is 6.61 Å². The van der Waals surface area contributed by atoms with Crippen LogP contribution in [0, 0.1) is 0 Å². The van der Waals surface area contributed by atoms with E-state index in [-0.39, 0.29) is 11.7 Å². The maximum Gasteiger partial charge on any atom is 0.364 e. The van der Waals surface area contributed by atoms with Gasteiger partial charge in [0.1, 0.15) is 0 Å². The molecule has 0 aromatic heterocycles. The molecular formula is C7H9FO3. The zero-order valence-electron chi connectivity index (χ0n) is 6.13. The summed E-state index contributed by atoms with van der Waals surface area (Å²) in [5, 5.41) is 8.27. The van der Waals surface area contributed by atoms with Gasteiger partial charge in [0.2, 0.25) is 5.83 Å². The Labute approximate surface area is 63.5 Å². The Hall–Kier alpha value is -0.900. The van der Waals surface area contributed by atoms with Crippen molar-refractivity contribution in [3.8, 4) is 0 Å². The van der Waals surface area contributed by atoms with Crippen molar-refractivity contribution in [1.29, 1.82) is 0 Å². The molecule has 0 spiro atoms. The lowest BCUT2D eigenvalue weighted by atomic mass is 10.1. The number of ether oxygens (including phenoxy) is 1. The number of carbonyl (C=O) groups is 1. The van der Waals surface area contributed by atoms with Gasteiger partial charge in [0, 0.05) is 5.57 Å². The van der Waals surface area contributed by atoms with E-state index in [4.69, 9.17) is 9.84 Å². The standard InChI is InChI=1S/C7H9FO3/c1-4-5(2-3-11-4)6(8)7(9)10/h4H,2-3H2,1H3,(H,9,10). The molecule has 1 heterocycles. The van der Waals surface area contributed by atoms with Crippen LogP contribution in [0.3, 0.4) is 0 Å². The van der Waals surface area contributed by atoms with Crippen molar-refractivity contribution < 1.29 is 19.0 Å². The molecule has 1 atom stereocenters. The van der Waals surface area contributed by atoms with E-state index in [0.717, 1.165) is 0 Å². The number of aliphatic carboxylic acids is 1. The van der Waals surface area contributed by atoms with Gasteiger partial charge in [-0.2, -0.15) is 4.39 Å². The van der Waals surface area contributed by atoms with Gasteiger partial charge in [0.25, 0.3) is 0 Å². The van der Waals surface area contributed by atoms with Gasteiger partial charge in [-0.05, 0) is 13.3 Å². The van der Waals surface area contributed by atoms with Gasteiger partial charge in [-0.15, -0.1) is 0 Å². The molecule has 62 valence electrons. The van der Waals surface area contributed by atoms with Crippen molar-refractivity contribution in [3.63, 3.8) is 0 Å². The second-order valence-corrected chi connectivity index (χ2v) is 2.41. The Kier molecular flexibility index (Phi) is 2.24. The molecule has 11 heavy (non-hydrogen) atoms. The molecule has 1 fully saturated rings. The minimum Gasteiger partial charge on any atom is -0.476 e. The smallest absolute Gasteiger partial charge is 0.364 e. The maximum atomic E-state index is 12.7. The zero-order valence-corrected chi connectivity index (χ0v) is 6.13. The fourth-order valence-electron chi connectivity index (χ4n) is 1.08. The number of halogens is 1. The lowest BCUT2D eigenvalue weighted by Gasteiger charge is -2.02. The third-order valence-electron chi connectivity index (χ3n) is 1.70. The summed E-state index contributed by atoms with van der Waals surface area (Å²) >= 11 is 0. The number of rotatable bonds is 1. The monoisotopic (exact) mass is 160 g/mol. The minimum atomic E-state index is -1.50. The summed E-state index contributed by atoms with van der Waals surface area (Å²) in [6.45, 7) is 2.06. The molecule has 0 amide bonds. The molecule has 0 aromatic rings. The van der Waals surface area contributed by atoms with Crippen LogP contribution in [-0.4, -0.2) is 23.8 Å². The summed E-state index contributed by atoms with van der Waals surface area (Å²) in [5.41, 5.74) is 0.262. The van der Waals surface area contributed by atoms with Crippen LogP contribution in [0.25, 0.3) is 0 Å². The largest absolute Gasteiger partial charge is 0.476 e. The molecule has 4 heteroatoms. The van der Waals surface area contributed by atoms with E-state index in [0.29, 0.717) is 13.0 Å². The molecule has 1 aliphatic heterocycles. The van der Waals surface area contributed by atoms with Crippen LogP contribution in [-0.2, 0) is 9.53 Å². The molecule has 0 saturated carbocycles. The van der Waals surface area contributed by atoms with Crippen LogP contribution in [0.4, 0.5) is 4.39 Å². The van der Waals surface area contributed by atoms with Crippen molar-refractivity contribution in [3.05, 3.63) is 11.4 Å². The van der Waals surface area contributed by atoms with Crippen LogP contribution < -0.4 is 0 Å². The highest BCUT2D eigenvalue weighted by molar-refractivity contribution is 5.85. The Morgan fingerprint density at radius 2 is 2.45 bits per heavy atom. The Balaban J connectivity index is 2.85. The predicted molar refractivity (Wildman–Crippen MR) is 35.8 cm³/mol. The Bertz CT molecular complexity index is 210. The first-order valence-electron chi connectivity index (χ1n) is 3.36. The molecule has 0 bridgehead atoms. The van der Waals surface area contributed by atoms with Gasteiger partial charge >= 0.3 is 5.97 Å². The van der Waals surface area contributed by atoms with E-state index >= 15 is 0 Å². The van der Waals surface area contributed by atoms with Crippen molar-refractivity contribution >= 4 is 5.97 Å². The summed E-state index contributed by atoms with van der Waals surface area (Å²) in [4.78, 5) is 10.1. The first kappa shape index (κ1) is 8.20. The highest BCUT2D eigenvalue weighted by Gasteiger charge is 2.24. The predicted octanol–water partition coefficient (Wildman–Crippen LogP) is 1.10. The first-order chi connectivity index (χ1) is 5.13. The molecular weight excluding hydrogens is 151 g/mol. The molecule has 1 rings (SSSR count). The van der Waals surface area contributed by atoms with Gasteiger partial charge in [-0.1, -0.05) is 0 Å². The lowest BCUT2D eigenvalue weighted by Crippen LogP contribution is -2.06. The van der Waals surface area contributed by atoms with Gasteiger partial charge in [-0.25, -0.2) is 4.79 Å². The number of hydrogen-bond donors (Lipinski definition) is 1. The highest BCUT2D eigenvalue weighted by atomic mass is 19.1. The zero-order chi connectivity index (χ0) is 8.43. The van der Waals surface area contributed by atoms with Gasteiger partial charge in [0.05, 0.1) is 12.7 Å². The average Bonchev–Trinajstić information content (AvgIpc) is 2.33. The van der Waals surface area contributed by atoms with Crippen LogP contribution in [0.15, 0.2) is 11.4 Å². The number of hydrogen-bond acceptors (Lipinski definition) is 2. The van der Waals surface area contributed by atoms with E-state index in [1.165, 1.54) is 0 Å². The summed E-state index contributed by atoms with van der Waals surface area (Å²) in [6, 6.07) is 0. The molecule has 3 nitrogen and oxygen atoms in total.